The summed E-state index contributed by atoms with van der Waals surface area (Å²) in [6, 6.07) is 5.41. The van der Waals surface area contributed by atoms with Crippen molar-refractivity contribution in [3.63, 3.8) is 0 Å². The van der Waals surface area contributed by atoms with E-state index in [0.29, 0.717) is 0 Å². The molecule has 0 aliphatic carbocycles. The molecule has 2 N–H and O–H groups in total. The van der Waals surface area contributed by atoms with Crippen LogP contribution in [0.15, 0.2) is 18.2 Å². The Hall–Kier alpha value is -1.75. The molecule has 0 heterocycles. The van der Waals surface area contributed by atoms with Gasteiger partial charge in [-0.3, -0.25) is 4.79 Å². The summed E-state index contributed by atoms with van der Waals surface area (Å²) >= 11 is 0. The van der Waals surface area contributed by atoms with Gasteiger partial charge in [0.05, 0.1) is 14.2 Å². The number of rotatable bonds is 7. The van der Waals surface area contributed by atoms with Gasteiger partial charge in [-0.2, -0.15) is 0 Å². The topological polar surface area (TPSA) is 67.8 Å². The molecule has 106 valence electrons. The lowest BCUT2D eigenvalue weighted by Gasteiger charge is -2.25. The van der Waals surface area contributed by atoms with Gasteiger partial charge in [0.15, 0.2) is 0 Å². The maximum atomic E-state index is 10.9. The van der Waals surface area contributed by atoms with Gasteiger partial charge < -0.3 is 19.9 Å². The highest BCUT2D eigenvalue weighted by Gasteiger charge is 2.23. The van der Waals surface area contributed by atoms with Crippen LogP contribution >= 0.6 is 0 Å². The van der Waals surface area contributed by atoms with Crippen LogP contribution in [0.25, 0.3) is 0 Å². The zero-order valence-electron chi connectivity index (χ0n) is 11.8. The van der Waals surface area contributed by atoms with Crippen molar-refractivity contribution in [1.82, 2.24) is 5.32 Å². The van der Waals surface area contributed by atoms with Gasteiger partial charge in [0.2, 0.25) is 0 Å². The third-order valence-corrected chi connectivity index (χ3v) is 3.15. The van der Waals surface area contributed by atoms with Crippen LogP contribution in [-0.4, -0.2) is 32.3 Å². The summed E-state index contributed by atoms with van der Waals surface area (Å²) in [7, 11) is 5.00. The van der Waals surface area contributed by atoms with Crippen LogP contribution in [0, 0.1) is 5.92 Å². The van der Waals surface area contributed by atoms with E-state index in [1.807, 2.05) is 32.2 Å². The van der Waals surface area contributed by atoms with Crippen molar-refractivity contribution in [2.24, 2.45) is 5.92 Å². The molecule has 2 unspecified atom stereocenters. The molecule has 0 bridgehead atoms. The zero-order valence-corrected chi connectivity index (χ0v) is 11.8. The molecule has 2 atom stereocenters. The van der Waals surface area contributed by atoms with Crippen molar-refractivity contribution in [1.29, 1.82) is 0 Å². The molecular formula is C14H21NO4. The lowest BCUT2D eigenvalue weighted by molar-refractivity contribution is -0.138. The van der Waals surface area contributed by atoms with Crippen molar-refractivity contribution in [2.45, 2.75) is 19.4 Å². The average molecular weight is 267 g/mol. The van der Waals surface area contributed by atoms with E-state index in [4.69, 9.17) is 14.6 Å². The Morgan fingerprint density at radius 3 is 2.53 bits per heavy atom. The molecule has 0 aromatic heterocycles. The van der Waals surface area contributed by atoms with Gasteiger partial charge in [-0.15, -0.1) is 0 Å². The molecule has 0 aliphatic heterocycles. The normalized spacial score (nSPS) is 13.7. The number of carboxylic acids is 1. The van der Waals surface area contributed by atoms with Gasteiger partial charge >= 0.3 is 5.97 Å². The molecule has 5 nitrogen and oxygen atoms in total. The molecule has 5 heteroatoms. The van der Waals surface area contributed by atoms with E-state index in [-0.39, 0.29) is 18.4 Å². The second-order valence-corrected chi connectivity index (χ2v) is 4.45. The number of methoxy groups -OCH3 is 2. The predicted molar refractivity (Wildman–Crippen MR) is 72.8 cm³/mol. The number of carbonyl (C=O) groups is 1. The smallest absolute Gasteiger partial charge is 0.303 e. The van der Waals surface area contributed by atoms with Gasteiger partial charge in [0.1, 0.15) is 11.5 Å². The summed E-state index contributed by atoms with van der Waals surface area (Å²) in [6.45, 7) is 1.90. The van der Waals surface area contributed by atoms with E-state index in [1.54, 1.807) is 14.2 Å². The monoisotopic (exact) mass is 267 g/mol. The molecule has 0 saturated heterocycles. The Bertz CT molecular complexity index is 433. The second-order valence-electron chi connectivity index (χ2n) is 4.45. The van der Waals surface area contributed by atoms with Gasteiger partial charge in [-0.1, -0.05) is 6.92 Å². The number of benzene rings is 1. The third-order valence-electron chi connectivity index (χ3n) is 3.15. The zero-order chi connectivity index (χ0) is 14.4. The van der Waals surface area contributed by atoms with E-state index in [0.717, 1.165) is 17.1 Å². The Balaban J connectivity index is 3.11. The SMILES string of the molecule is CNC(c1cc(OC)ccc1OC)C(C)CC(=O)O. The predicted octanol–water partition coefficient (Wildman–Crippen LogP) is 2.08. The lowest BCUT2D eigenvalue weighted by Crippen LogP contribution is -2.25. The van der Waals surface area contributed by atoms with Crippen LogP contribution in [0.4, 0.5) is 0 Å². The van der Waals surface area contributed by atoms with E-state index in [1.165, 1.54) is 0 Å². The van der Waals surface area contributed by atoms with Crippen molar-refractivity contribution >= 4 is 5.97 Å². The molecule has 0 radical (unpaired) electrons. The fraction of sp³-hybridized carbons (Fsp3) is 0.500. The second kappa shape index (κ2) is 6.99. The first-order valence-corrected chi connectivity index (χ1v) is 6.14. The molecule has 19 heavy (non-hydrogen) atoms. The van der Waals surface area contributed by atoms with E-state index in [9.17, 15) is 4.79 Å². The molecule has 1 aromatic rings. The van der Waals surface area contributed by atoms with Gasteiger partial charge in [-0.25, -0.2) is 0 Å². The maximum Gasteiger partial charge on any atom is 0.303 e. The standard InChI is InChI=1S/C14H21NO4/c1-9(7-13(16)17)14(15-2)11-8-10(18-3)5-6-12(11)19-4/h5-6,8-9,14-15H,7H2,1-4H3,(H,16,17). The van der Waals surface area contributed by atoms with Crippen LogP contribution < -0.4 is 14.8 Å². The number of aliphatic carboxylic acids is 1. The highest BCUT2D eigenvalue weighted by molar-refractivity contribution is 5.67. The molecule has 0 aliphatic rings. The summed E-state index contributed by atoms with van der Waals surface area (Å²) in [4.78, 5) is 10.9. The third kappa shape index (κ3) is 3.86. The minimum Gasteiger partial charge on any atom is -0.497 e. The van der Waals surface area contributed by atoms with Crippen molar-refractivity contribution < 1.29 is 19.4 Å². The number of nitrogens with one attached hydrogen (secondary N) is 1. The summed E-state index contributed by atoms with van der Waals surface area (Å²) in [5, 5.41) is 12.1. The molecule has 0 spiro atoms. The highest BCUT2D eigenvalue weighted by Crippen LogP contribution is 2.34. The minimum atomic E-state index is -0.811. The number of hydrogen-bond acceptors (Lipinski definition) is 4. The van der Waals surface area contributed by atoms with Crippen molar-refractivity contribution in [2.75, 3.05) is 21.3 Å². The number of ether oxygens (including phenoxy) is 2. The largest absolute Gasteiger partial charge is 0.497 e. The Morgan fingerprint density at radius 2 is 2.05 bits per heavy atom. The summed E-state index contributed by atoms with van der Waals surface area (Å²) in [5.41, 5.74) is 0.901. The Labute approximate surface area is 113 Å². The van der Waals surface area contributed by atoms with Gasteiger partial charge in [0, 0.05) is 18.0 Å². The molecule has 1 rings (SSSR count). The molecule has 0 amide bonds. The Kier molecular flexibility index (Phi) is 5.63. The van der Waals surface area contributed by atoms with E-state index in [2.05, 4.69) is 5.32 Å². The van der Waals surface area contributed by atoms with E-state index < -0.39 is 5.97 Å². The van der Waals surface area contributed by atoms with Crippen LogP contribution in [0.5, 0.6) is 11.5 Å². The summed E-state index contributed by atoms with van der Waals surface area (Å²) < 4.78 is 10.5. The molecule has 1 aromatic carbocycles. The Morgan fingerprint density at radius 1 is 1.37 bits per heavy atom. The first kappa shape index (κ1) is 15.3. The maximum absolute atomic E-state index is 10.9. The molecule has 0 fully saturated rings. The quantitative estimate of drug-likeness (QED) is 0.791. The van der Waals surface area contributed by atoms with Crippen LogP contribution in [-0.2, 0) is 4.79 Å². The van der Waals surface area contributed by atoms with Crippen LogP contribution in [0.3, 0.4) is 0 Å². The fourth-order valence-electron chi connectivity index (χ4n) is 2.22. The average Bonchev–Trinajstić information content (AvgIpc) is 2.38. The van der Waals surface area contributed by atoms with Crippen molar-refractivity contribution in [3.8, 4) is 11.5 Å². The minimum absolute atomic E-state index is 0.0662. The fourth-order valence-corrected chi connectivity index (χ4v) is 2.22. The first-order valence-electron chi connectivity index (χ1n) is 6.14. The summed E-state index contributed by atoms with van der Waals surface area (Å²) in [6.07, 6.45) is 0.0892. The summed E-state index contributed by atoms with van der Waals surface area (Å²) in [5.74, 6) is 0.564. The van der Waals surface area contributed by atoms with Crippen LogP contribution in [0.1, 0.15) is 24.9 Å². The van der Waals surface area contributed by atoms with Gasteiger partial charge in [0.25, 0.3) is 0 Å². The lowest BCUT2D eigenvalue weighted by atomic mass is 9.91. The van der Waals surface area contributed by atoms with Crippen molar-refractivity contribution in [3.05, 3.63) is 23.8 Å². The molecule has 0 saturated carbocycles. The molecular weight excluding hydrogens is 246 g/mol. The van der Waals surface area contributed by atoms with Gasteiger partial charge in [-0.05, 0) is 31.2 Å². The number of hydrogen-bond donors (Lipinski definition) is 2. The highest BCUT2D eigenvalue weighted by atomic mass is 16.5. The number of carboxylic acid groups (broad SMARTS) is 1. The first-order chi connectivity index (χ1) is 9.03. The van der Waals surface area contributed by atoms with E-state index >= 15 is 0 Å². The van der Waals surface area contributed by atoms with Crippen LogP contribution in [0.2, 0.25) is 0 Å².